The molecule has 6 nitrogen and oxygen atoms in total. The van der Waals surface area contributed by atoms with E-state index in [1.165, 1.54) is 16.1 Å². The third kappa shape index (κ3) is 5.63. The summed E-state index contributed by atoms with van der Waals surface area (Å²) in [5, 5.41) is 0.453. The minimum atomic E-state index is 0.453. The number of pyridine rings is 1. The number of amides is 1. The minimum Gasteiger partial charge on any atom is -0.368 e. The number of aryl methyl sites for hydroxylation is 1. The van der Waals surface area contributed by atoms with Crippen LogP contribution in [0.2, 0.25) is 0 Å². The summed E-state index contributed by atoms with van der Waals surface area (Å²) in [5.74, 6) is 0. The number of thioether (sulfide) groups is 1. The van der Waals surface area contributed by atoms with Crippen molar-refractivity contribution in [2.75, 3.05) is 31.1 Å². The van der Waals surface area contributed by atoms with E-state index in [1.807, 2.05) is 47.8 Å². The average Bonchev–Trinajstić information content (AvgIpc) is 3.32. The lowest BCUT2D eigenvalue weighted by molar-refractivity contribution is -0.118. The van der Waals surface area contributed by atoms with Gasteiger partial charge in [-0.1, -0.05) is 0 Å². The number of carbonyl (C=O) groups excluding carboxylic acids is 1. The Balaban J connectivity index is 1.38. The van der Waals surface area contributed by atoms with Crippen LogP contribution in [0, 0.1) is 0 Å². The maximum absolute atomic E-state index is 10.9. The summed E-state index contributed by atoms with van der Waals surface area (Å²) in [7, 11) is 0. The van der Waals surface area contributed by atoms with Gasteiger partial charge in [-0.05, 0) is 54.8 Å². The van der Waals surface area contributed by atoms with Crippen molar-refractivity contribution in [1.82, 2.24) is 19.4 Å². The molecule has 1 aliphatic heterocycles. The second kappa shape index (κ2) is 10.3. The highest BCUT2D eigenvalue weighted by Gasteiger charge is 2.16. The summed E-state index contributed by atoms with van der Waals surface area (Å²) in [6.07, 6.45) is 12.6. The van der Waals surface area contributed by atoms with Crippen molar-refractivity contribution in [2.24, 2.45) is 0 Å². The Morgan fingerprint density at radius 1 is 0.967 bits per heavy atom. The first-order valence-corrected chi connectivity index (χ1v) is 11.2. The molecule has 1 saturated heterocycles. The molecule has 156 valence electrons. The second-order valence-electron chi connectivity index (χ2n) is 7.52. The smallest absolute Gasteiger partial charge is 0.209 e. The van der Waals surface area contributed by atoms with Crippen LogP contribution in [0.3, 0.4) is 0 Å². The van der Waals surface area contributed by atoms with E-state index in [9.17, 15) is 4.79 Å². The summed E-state index contributed by atoms with van der Waals surface area (Å²) < 4.78 is 2.16. The van der Waals surface area contributed by atoms with Crippen molar-refractivity contribution in [1.29, 1.82) is 0 Å². The Hall–Kier alpha value is -2.80. The zero-order chi connectivity index (χ0) is 20.6. The third-order valence-corrected chi connectivity index (χ3v) is 6.71. The van der Waals surface area contributed by atoms with Crippen LogP contribution in [0.25, 0.3) is 0 Å². The Labute approximate surface area is 181 Å². The first-order valence-electron chi connectivity index (χ1n) is 10.4. The first-order chi connectivity index (χ1) is 14.8. The van der Waals surface area contributed by atoms with E-state index < -0.39 is 0 Å². The number of imidazole rings is 1. The molecule has 1 amide bonds. The summed E-state index contributed by atoms with van der Waals surface area (Å²) in [4.78, 5) is 24.7. The molecule has 0 N–H and O–H groups in total. The zero-order valence-corrected chi connectivity index (χ0v) is 17.8. The van der Waals surface area contributed by atoms with E-state index in [0.717, 1.165) is 52.0 Å². The fourth-order valence-corrected chi connectivity index (χ4v) is 4.87. The summed E-state index contributed by atoms with van der Waals surface area (Å²) in [5.41, 5.74) is 2.55. The number of piperazine rings is 1. The molecule has 4 rings (SSSR count). The number of hydrogen-bond donors (Lipinski definition) is 0. The van der Waals surface area contributed by atoms with Gasteiger partial charge in [0.15, 0.2) is 0 Å². The fourth-order valence-electron chi connectivity index (χ4n) is 3.71. The molecule has 30 heavy (non-hydrogen) atoms. The Morgan fingerprint density at radius 2 is 1.73 bits per heavy atom. The molecule has 2 aromatic heterocycles. The van der Waals surface area contributed by atoms with E-state index in [4.69, 9.17) is 0 Å². The van der Waals surface area contributed by atoms with Crippen LogP contribution in [0.15, 0.2) is 72.4 Å². The molecule has 0 spiro atoms. The van der Waals surface area contributed by atoms with Crippen molar-refractivity contribution in [3.8, 4) is 0 Å². The molecule has 1 aliphatic rings. The number of benzene rings is 1. The fraction of sp³-hybridized carbons (Fsp3) is 0.348. The SMILES string of the molecule is O=CN1CCN(c2ccc(SC(CCc3ccncc3)Cn3ccnc3)cc2)CC1. The van der Waals surface area contributed by atoms with Gasteiger partial charge in [0.2, 0.25) is 6.41 Å². The van der Waals surface area contributed by atoms with Gasteiger partial charge in [0.05, 0.1) is 6.33 Å². The maximum atomic E-state index is 10.9. The van der Waals surface area contributed by atoms with Gasteiger partial charge in [-0.2, -0.15) is 0 Å². The van der Waals surface area contributed by atoms with Gasteiger partial charge < -0.3 is 14.4 Å². The summed E-state index contributed by atoms with van der Waals surface area (Å²) in [6.45, 7) is 4.30. The summed E-state index contributed by atoms with van der Waals surface area (Å²) in [6, 6.07) is 13.0. The molecule has 3 heterocycles. The highest BCUT2D eigenvalue weighted by molar-refractivity contribution is 8.00. The monoisotopic (exact) mass is 421 g/mol. The lowest BCUT2D eigenvalue weighted by Crippen LogP contribution is -2.45. The molecule has 0 bridgehead atoms. The van der Waals surface area contributed by atoms with Gasteiger partial charge in [0.25, 0.3) is 0 Å². The molecular formula is C23H27N5OS. The van der Waals surface area contributed by atoms with Crippen molar-refractivity contribution in [3.05, 3.63) is 73.1 Å². The van der Waals surface area contributed by atoms with Crippen LogP contribution in [0.5, 0.6) is 0 Å². The van der Waals surface area contributed by atoms with Crippen LogP contribution in [-0.2, 0) is 17.8 Å². The van der Waals surface area contributed by atoms with Crippen LogP contribution >= 0.6 is 11.8 Å². The molecule has 7 heteroatoms. The number of aromatic nitrogens is 3. The molecule has 0 aliphatic carbocycles. The molecule has 3 aromatic rings. The van der Waals surface area contributed by atoms with Crippen molar-refractivity contribution in [2.45, 2.75) is 29.5 Å². The number of carbonyl (C=O) groups is 1. The molecular weight excluding hydrogens is 394 g/mol. The molecule has 1 unspecified atom stereocenters. The van der Waals surface area contributed by atoms with Crippen LogP contribution in [-0.4, -0.2) is 57.3 Å². The highest BCUT2D eigenvalue weighted by Crippen LogP contribution is 2.30. The van der Waals surface area contributed by atoms with Crippen LogP contribution in [0.4, 0.5) is 5.69 Å². The van der Waals surface area contributed by atoms with Crippen molar-refractivity contribution in [3.63, 3.8) is 0 Å². The van der Waals surface area contributed by atoms with Crippen LogP contribution in [0.1, 0.15) is 12.0 Å². The topological polar surface area (TPSA) is 54.3 Å². The predicted octanol–water partition coefficient (Wildman–Crippen LogP) is 3.35. The van der Waals surface area contributed by atoms with Gasteiger partial charge in [-0.15, -0.1) is 11.8 Å². The van der Waals surface area contributed by atoms with Crippen LogP contribution < -0.4 is 4.90 Å². The number of nitrogens with zero attached hydrogens (tertiary/aromatic N) is 5. The molecule has 1 aromatic carbocycles. The highest BCUT2D eigenvalue weighted by atomic mass is 32.2. The Bertz CT molecular complexity index is 893. The quantitative estimate of drug-likeness (QED) is 0.392. The maximum Gasteiger partial charge on any atom is 0.209 e. The number of rotatable bonds is 9. The van der Waals surface area contributed by atoms with E-state index in [2.05, 4.69) is 55.8 Å². The minimum absolute atomic E-state index is 0.453. The standard InChI is InChI=1S/C23H27N5OS/c29-19-26-13-15-28(16-14-26)21-2-5-22(6-3-21)30-23(17-27-12-11-25-18-27)4-1-20-7-9-24-10-8-20/h2-3,5-12,18-19,23H,1,4,13-17H2. The van der Waals surface area contributed by atoms with Gasteiger partial charge in [0.1, 0.15) is 0 Å². The predicted molar refractivity (Wildman–Crippen MR) is 121 cm³/mol. The summed E-state index contributed by atoms with van der Waals surface area (Å²) >= 11 is 1.93. The van der Waals surface area contributed by atoms with Gasteiger partial charge in [0, 0.05) is 73.3 Å². The molecule has 1 atom stereocenters. The Morgan fingerprint density at radius 3 is 2.40 bits per heavy atom. The molecule has 0 saturated carbocycles. The van der Waals surface area contributed by atoms with E-state index in [-0.39, 0.29) is 0 Å². The zero-order valence-electron chi connectivity index (χ0n) is 17.0. The lowest BCUT2D eigenvalue weighted by atomic mass is 10.1. The van der Waals surface area contributed by atoms with Crippen molar-refractivity contribution >= 4 is 23.9 Å². The third-order valence-electron chi connectivity index (χ3n) is 5.45. The lowest BCUT2D eigenvalue weighted by Gasteiger charge is -2.34. The van der Waals surface area contributed by atoms with E-state index in [1.54, 1.807) is 0 Å². The normalized spacial score (nSPS) is 15.2. The second-order valence-corrected chi connectivity index (χ2v) is 8.89. The van der Waals surface area contributed by atoms with Crippen molar-refractivity contribution < 1.29 is 4.79 Å². The van der Waals surface area contributed by atoms with E-state index in [0.29, 0.717) is 5.25 Å². The van der Waals surface area contributed by atoms with Gasteiger partial charge in [-0.3, -0.25) is 9.78 Å². The van der Waals surface area contributed by atoms with Gasteiger partial charge in [-0.25, -0.2) is 4.98 Å². The number of anilines is 1. The van der Waals surface area contributed by atoms with E-state index >= 15 is 0 Å². The average molecular weight is 422 g/mol. The first kappa shape index (κ1) is 20.5. The largest absolute Gasteiger partial charge is 0.368 e. The molecule has 0 radical (unpaired) electrons. The molecule has 1 fully saturated rings. The number of hydrogen-bond acceptors (Lipinski definition) is 5. The Kier molecular flexibility index (Phi) is 7.03. The van der Waals surface area contributed by atoms with Gasteiger partial charge >= 0.3 is 0 Å².